The Morgan fingerprint density at radius 3 is 1.61 bits per heavy atom. The molecule has 204 valence electrons. The highest BCUT2D eigenvalue weighted by molar-refractivity contribution is 8.22. The maximum Gasteiger partial charge on any atom is 0.333 e. The smallest absolute Gasteiger partial charge is 0.333 e. The molecule has 2 fully saturated rings. The van der Waals surface area contributed by atoms with E-state index in [0.29, 0.717) is 44.0 Å². The second-order valence-electron chi connectivity index (χ2n) is 9.09. The molecule has 2 aromatic carbocycles. The van der Waals surface area contributed by atoms with Crippen LogP contribution in [0, 0.1) is 0 Å². The molecule has 38 heavy (non-hydrogen) atoms. The summed E-state index contributed by atoms with van der Waals surface area (Å²) in [7, 11) is 0. The Kier molecular flexibility index (Phi) is 11.7. The maximum absolute atomic E-state index is 11.6. The van der Waals surface area contributed by atoms with Gasteiger partial charge >= 0.3 is 11.9 Å². The van der Waals surface area contributed by atoms with Crippen molar-refractivity contribution in [2.45, 2.75) is 43.3 Å². The minimum atomic E-state index is -0.296. The van der Waals surface area contributed by atoms with Crippen molar-refractivity contribution >= 4 is 93.3 Å². The lowest BCUT2D eigenvalue weighted by Gasteiger charge is -2.12. The molecule has 2 aliphatic heterocycles. The van der Waals surface area contributed by atoms with Gasteiger partial charge in [0.15, 0.2) is 0 Å². The van der Waals surface area contributed by atoms with Gasteiger partial charge in [-0.15, -0.1) is 70.6 Å². The fourth-order valence-electron chi connectivity index (χ4n) is 3.66. The van der Waals surface area contributed by atoms with Gasteiger partial charge in [0.25, 0.3) is 0 Å². The van der Waals surface area contributed by atoms with Crippen LogP contribution in [-0.4, -0.2) is 67.8 Å². The predicted octanol–water partition coefficient (Wildman–Crippen LogP) is 7.61. The molecule has 2 aromatic rings. The molecule has 4 rings (SSSR count). The van der Waals surface area contributed by atoms with Gasteiger partial charge in [-0.2, -0.15) is 0 Å². The maximum atomic E-state index is 11.6. The number of carbonyl (C=O) groups excluding carboxylic acids is 2. The number of hydrogen-bond acceptors (Lipinski definition) is 10. The number of hydrogen-bond donors (Lipinski definition) is 0. The minimum Gasteiger partial charge on any atom is -0.461 e. The van der Waals surface area contributed by atoms with E-state index in [4.69, 9.17) is 9.47 Å². The predicted molar refractivity (Wildman–Crippen MR) is 172 cm³/mol. The third-order valence-corrected chi connectivity index (χ3v) is 15.2. The molecule has 0 radical (unpaired) electrons. The zero-order valence-electron chi connectivity index (χ0n) is 21.5. The van der Waals surface area contributed by atoms with E-state index in [1.807, 2.05) is 70.6 Å². The Bertz CT molecular complexity index is 1090. The largest absolute Gasteiger partial charge is 0.461 e. The van der Waals surface area contributed by atoms with Crippen LogP contribution in [0.25, 0.3) is 10.8 Å². The van der Waals surface area contributed by atoms with Crippen LogP contribution in [0.1, 0.15) is 13.8 Å². The van der Waals surface area contributed by atoms with Gasteiger partial charge < -0.3 is 9.47 Å². The zero-order valence-corrected chi connectivity index (χ0v) is 26.4. The number of ether oxygens (including phenoxy) is 2. The van der Waals surface area contributed by atoms with Crippen molar-refractivity contribution in [2.24, 2.45) is 0 Å². The molecule has 4 atom stereocenters. The monoisotopic (exact) mass is 624 g/mol. The highest BCUT2D eigenvalue weighted by atomic mass is 32.2. The third-order valence-electron chi connectivity index (χ3n) is 5.68. The molecule has 0 N–H and O–H groups in total. The summed E-state index contributed by atoms with van der Waals surface area (Å²) in [5, 5.41) is 3.24. The number of esters is 2. The fourth-order valence-corrected chi connectivity index (χ4v) is 12.6. The molecule has 4 nitrogen and oxygen atoms in total. The molecular weight excluding hydrogens is 593 g/mol. The number of carbonyl (C=O) groups is 2. The van der Waals surface area contributed by atoms with Crippen LogP contribution in [0.2, 0.25) is 0 Å². The molecule has 0 aromatic heterocycles. The second kappa shape index (κ2) is 14.7. The van der Waals surface area contributed by atoms with Crippen molar-refractivity contribution in [1.82, 2.24) is 0 Å². The first kappa shape index (κ1) is 30.2. The van der Waals surface area contributed by atoms with Gasteiger partial charge in [0.1, 0.15) is 13.2 Å². The number of rotatable bonds is 12. The van der Waals surface area contributed by atoms with Crippen LogP contribution in [0.3, 0.4) is 0 Å². The van der Waals surface area contributed by atoms with Crippen LogP contribution < -0.4 is 0 Å². The van der Waals surface area contributed by atoms with Crippen LogP contribution >= 0.6 is 70.6 Å². The lowest BCUT2D eigenvalue weighted by atomic mass is 10.1. The molecule has 0 saturated carbocycles. The normalized spacial score (nSPS) is 22.9. The summed E-state index contributed by atoms with van der Waals surface area (Å²) in [6, 6.07) is 13.5. The Hall–Kier alpha value is -0.780. The van der Waals surface area contributed by atoms with Gasteiger partial charge in [0.2, 0.25) is 0 Å². The van der Waals surface area contributed by atoms with E-state index in [0.717, 1.165) is 23.0 Å². The zero-order chi connectivity index (χ0) is 27.1. The van der Waals surface area contributed by atoms with Gasteiger partial charge in [0.05, 0.1) is 9.16 Å². The van der Waals surface area contributed by atoms with E-state index in [2.05, 4.69) is 49.6 Å². The first-order chi connectivity index (χ1) is 18.3. The average Bonchev–Trinajstić information content (AvgIpc) is 3.57. The summed E-state index contributed by atoms with van der Waals surface area (Å²) in [6.07, 6.45) is 0. The van der Waals surface area contributed by atoms with E-state index in [1.54, 1.807) is 13.8 Å². The molecule has 0 amide bonds. The Labute approximate surface area is 251 Å². The summed E-state index contributed by atoms with van der Waals surface area (Å²) in [5.41, 5.74) is 0.908. The van der Waals surface area contributed by atoms with E-state index in [-0.39, 0.29) is 11.9 Å². The SMILES string of the molecule is C=C(C)C(=O)OCC1CSC(CSc2ccc3cc(SCC4SCC(COC(=O)C(=C)C)S4)ccc3c2)S1. The van der Waals surface area contributed by atoms with E-state index < -0.39 is 0 Å². The van der Waals surface area contributed by atoms with Gasteiger partial charge in [0, 0.05) is 54.4 Å². The van der Waals surface area contributed by atoms with Crippen molar-refractivity contribution in [3.8, 4) is 0 Å². The molecular formula is C28H32O4S6. The Morgan fingerprint density at radius 1 is 0.789 bits per heavy atom. The highest BCUT2D eigenvalue weighted by Gasteiger charge is 2.28. The first-order valence-corrected chi connectivity index (χ1v) is 18.2. The topological polar surface area (TPSA) is 52.6 Å². The number of fused-ring (bicyclic) bond motifs is 1. The molecule has 2 aliphatic rings. The summed E-state index contributed by atoms with van der Waals surface area (Å²) >= 11 is 11.5. The number of benzene rings is 2. The van der Waals surface area contributed by atoms with Crippen molar-refractivity contribution in [3.05, 3.63) is 60.7 Å². The van der Waals surface area contributed by atoms with Crippen molar-refractivity contribution < 1.29 is 19.1 Å². The van der Waals surface area contributed by atoms with Crippen LogP contribution in [-0.2, 0) is 19.1 Å². The third kappa shape index (κ3) is 9.13. The lowest BCUT2D eigenvalue weighted by molar-refractivity contribution is -0.139. The molecule has 2 saturated heterocycles. The number of thioether (sulfide) groups is 6. The molecule has 4 unspecified atom stereocenters. The van der Waals surface area contributed by atoms with Crippen molar-refractivity contribution in [3.63, 3.8) is 0 Å². The summed E-state index contributed by atoms with van der Waals surface area (Å²) in [5.74, 6) is 3.50. The van der Waals surface area contributed by atoms with E-state index in [1.165, 1.54) is 20.6 Å². The van der Waals surface area contributed by atoms with Crippen LogP contribution in [0.5, 0.6) is 0 Å². The van der Waals surface area contributed by atoms with Gasteiger partial charge in [-0.25, -0.2) is 9.59 Å². The van der Waals surface area contributed by atoms with Crippen molar-refractivity contribution in [1.29, 1.82) is 0 Å². The van der Waals surface area contributed by atoms with Gasteiger partial charge in [-0.1, -0.05) is 25.3 Å². The van der Waals surface area contributed by atoms with Gasteiger partial charge in [-0.3, -0.25) is 0 Å². The molecule has 0 spiro atoms. The van der Waals surface area contributed by atoms with Crippen LogP contribution in [0.4, 0.5) is 0 Å². The summed E-state index contributed by atoms with van der Waals surface area (Å²) in [4.78, 5) is 25.8. The van der Waals surface area contributed by atoms with E-state index in [9.17, 15) is 9.59 Å². The standard InChI is InChI=1S/C28H32O4S6/c1-17(2)27(29)31-11-23-13-35-25(37-23)15-33-21-7-5-20-10-22(8-6-19(20)9-21)34-16-26-36-14-24(38-26)12-32-28(30)18(3)4/h5-10,23-26H,1,3,11-16H2,2,4H3. The quantitative estimate of drug-likeness (QED) is 0.134. The first-order valence-electron chi connectivity index (χ1n) is 12.3. The highest BCUT2D eigenvalue weighted by Crippen LogP contribution is 2.42. The summed E-state index contributed by atoms with van der Waals surface area (Å²) < 4.78 is 11.7. The second-order valence-corrected chi connectivity index (χ2v) is 17.4. The lowest BCUT2D eigenvalue weighted by Crippen LogP contribution is -2.16. The fraction of sp³-hybridized carbons (Fsp3) is 0.429. The Balaban J connectivity index is 1.19. The van der Waals surface area contributed by atoms with Crippen molar-refractivity contribution in [2.75, 3.05) is 36.2 Å². The molecule has 2 heterocycles. The minimum absolute atomic E-state index is 0.296. The average molecular weight is 625 g/mol. The van der Waals surface area contributed by atoms with Gasteiger partial charge in [-0.05, 0) is 48.9 Å². The summed E-state index contributed by atoms with van der Waals surface area (Å²) in [6.45, 7) is 11.6. The Morgan fingerprint density at radius 2 is 1.21 bits per heavy atom. The van der Waals surface area contributed by atoms with Crippen LogP contribution in [0.15, 0.2) is 70.5 Å². The molecule has 0 bridgehead atoms. The van der Waals surface area contributed by atoms with E-state index >= 15 is 0 Å². The molecule has 10 heteroatoms. The molecule has 0 aliphatic carbocycles.